The van der Waals surface area contributed by atoms with Crippen molar-refractivity contribution in [1.29, 1.82) is 0 Å². The molecule has 3 aromatic rings. The second kappa shape index (κ2) is 4.03. The summed E-state index contributed by atoms with van der Waals surface area (Å²) in [6.45, 7) is 0. The van der Waals surface area contributed by atoms with E-state index in [0.717, 1.165) is 22.2 Å². The van der Waals surface area contributed by atoms with Crippen LogP contribution in [0, 0.1) is 0 Å². The molecule has 0 spiro atoms. The van der Waals surface area contributed by atoms with Gasteiger partial charge in [0.15, 0.2) is 0 Å². The Bertz CT molecular complexity index is 701. The van der Waals surface area contributed by atoms with Crippen LogP contribution in [-0.2, 0) is 0 Å². The number of nitrogens with zero attached hydrogens (tertiary/aromatic N) is 2. The quantitative estimate of drug-likeness (QED) is 0.640. The smallest absolute Gasteiger partial charge is 0.222 e. The molecule has 0 aliphatic heterocycles. The van der Waals surface area contributed by atoms with E-state index in [0.29, 0.717) is 5.82 Å². The third-order valence-corrected chi connectivity index (χ3v) is 2.85. The molecule has 4 N–H and O–H groups in total. The topological polar surface area (TPSA) is 79.6 Å². The molecule has 0 amide bonds. The normalized spacial score (nSPS) is 10.7. The van der Waals surface area contributed by atoms with Crippen LogP contribution in [-0.4, -0.2) is 22.0 Å². The minimum absolute atomic E-state index is 0.269. The van der Waals surface area contributed by atoms with Crippen LogP contribution >= 0.6 is 0 Å². The lowest BCUT2D eigenvalue weighted by molar-refractivity contribution is 1.18. The van der Waals surface area contributed by atoms with Crippen LogP contribution in [0.25, 0.3) is 22.2 Å². The van der Waals surface area contributed by atoms with Gasteiger partial charge in [-0.2, -0.15) is 4.98 Å². The van der Waals surface area contributed by atoms with E-state index in [1.165, 1.54) is 0 Å². The minimum Gasteiger partial charge on any atom is -0.373 e. The zero-order chi connectivity index (χ0) is 12.5. The third kappa shape index (κ3) is 1.75. The lowest BCUT2D eigenvalue weighted by Gasteiger charge is -2.05. The van der Waals surface area contributed by atoms with Crippen molar-refractivity contribution in [2.75, 3.05) is 18.1 Å². The van der Waals surface area contributed by atoms with Gasteiger partial charge in [-0.05, 0) is 18.2 Å². The van der Waals surface area contributed by atoms with Crippen LogP contribution in [0.2, 0.25) is 0 Å². The Kier molecular flexibility index (Phi) is 2.37. The Labute approximate surface area is 104 Å². The highest BCUT2D eigenvalue weighted by atomic mass is 15.1. The van der Waals surface area contributed by atoms with E-state index in [-0.39, 0.29) is 5.95 Å². The summed E-state index contributed by atoms with van der Waals surface area (Å²) in [5.74, 6) is 0.984. The van der Waals surface area contributed by atoms with Crippen molar-refractivity contribution >= 4 is 22.7 Å². The SMILES string of the molecule is CNc1cc(-c2ccc3[nH]ccc3c2)nc(N)n1. The monoisotopic (exact) mass is 239 g/mol. The maximum Gasteiger partial charge on any atom is 0.222 e. The van der Waals surface area contributed by atoms with E-state index in [9.17, 15) is 0 Å². The Morgan fingerprint density at radius 3 is 2.89 bits per heavy atom. The molecule has 1 aromatic carbocycles. The molecular formula is C13H13N5. The highest BCUT2D eigenvalue weighted by molar-refractivity contribution is 5.84. The first kappa shape index (κ1) is 10.6. The van der Waals surface area contributed by atoms with Crippen molar-refractivity contribution in [3.05, 3.63) is 36.5 Å². The van der Waals surface area contributed by atoms with E-state index < -0.39 is 0 Å². The molecule has 0 saturated heterocycles. The lowest BCUT2D eigenvalue weighted by atomic mass is 10.1. The molecule has 0 bridgehead atoms. The number of fused-ring (bicyclic) bond motifs is 1. The standard InChI is InChI=1S/C13H13N5/c1-15-12-7-11(17-13(14)18-12)8-2-3-10-9(6-8)4-5-16-10/h2-7,16H,1H3,(H3,14,15,17,18). The minimum atomic E-state index is 0.269. The number of anilines is 2. The predicted molar refractivity (Wildman–Crippen MR) is 73.3 cm³/mol. The molecule has 90 valence electrons. The first-order valence-electron chi connectivity index (χ1n) is 5.66. The van der Waals surface area contributed by atoms with Gasteiger partial charge in [0.2, 0.25) is 5.95 Å². The van der Waals surface area contributed by atoms with Gasteiger partial charge in [-0.1, -0.05) is 6.07 Å². The van der Waals surface area contributed by atoms with Gasteiger partial charge in [0.1, 0.15) is 5.82 Å². The summed E-state index contributed by atoms with van der Waals surface area (Å²) in [6, 6.07) is 10.0. The molecule has 2 aromatic heterocycles. The zero-order valence-corrected chi connectivity index (χ0v) is 9.94. The van der Waals surface area contributed by atoms with Gasteiger partial charge in [0.05, 0.1) is 5.69 Å². The number of hydrogen-bond donors (Lipinski definition) is 3. The Morgan fingerprint density at radius 2 is 2.06 bits per heavy atom. The van der Waals surface area contributed by atoms with Crippen molar-refractivity contribution in [2.24, 2.45) is 0 Å². The largest absolute Gasteiger partial charge is 0.373 e. The molecule has 18 heavy (non-hydrogen) atoms. The van der Waals surface area contributed by atoms with Gasteiger partial charge >= 0.3 is 0 Å². The molecule has 3 rings (SSSR count). The molecule has 0 fully saturated rings. The van der Waals surface area contributed by atoms with Gasteiger partial charge in [-0.3, -0.25) is 0 Å². The van der Waals surface area contributed by atoms with E-state index >= 15 is 0 Å². The van der Waals surface area contributed by atoms with Gasteiger partial charge in [0.25, 0.3) is 0 Å². The van der Waals surface area contributed by atoms with Crippen molar-refractivity contribution in [2.45, 2.75) is 0 Å². The second-order valence-electron chi connectivity index (χ2n) is 4.03. The zero-order valence-electron chi connectivity index (χ0n) is 9.94. The Morgan fingerprint density at radius 1 is 1.17 bits per heavy atom. The molecule has 5 nitrogen and oxygen atoms in total. The van der Waals surface area contributed by atoms with Gasteiger partial charge in [-0.15, -0.1) is 0 Å². The maximum absolute atomic E-state index is 5.70. The second-order valence-corrected chi connectivity index (χ2v) is 4.03. The molecule has 0 radical (unpaired) electrons. The number of aromatic nitrogens is 3. The third-order valence-electron chi connectivity index (χ3n) is 2.85. The number of nitrogens with one attached hydrogen (secondary N) is 2. The fourth-order valence-corrected chi connectivity index (χ4v) is 1.95. The summed E-state index contributed by atoms with van der Waals surface area (Å²) in [6.07, 6.45) is 1.92. The molecule has 0 aliphatic rings. The number of hydrogen-bond acceptors (Lipinski definition) is 4. The predicted octanol–water partition coefficient (Wildman–Crippen LogP) is 2.25. The van der Waals surface area contributed by atoms with Gasteiger partial charge in [0, 0.05) is 35.8 Å². The van der Waals surface area contributed by atoms with E-state index in [4.69, 9.17) is 5.73 Å². The summed E-state index contributed by atoms with van der Waals surface area (Å²) >= 11 is 0. The maximum atomic E-state index is 5.70. The van der Waals surface area contributed by atoms with Crippen LogP contribution in [0.1, 0.15) is 0 Å². The van der Waals surface area contributed by atoms with Crippen LogP contribution in [0.3, 0.4) is 0 Å². The average molecular weight is 239 g/mol. The van der Waals surface area contributed by atoms with Crippen LogP contribution in [0.4, 0.5) is 11.8 Å². The number of benzene rings is 1. The van der Waals surface area contributed by atoms with E-state index in [1.807, 2.05) is 30.5 Å². The number of aromatic amines is 1. The lowest BCUT2D eigenvalue weighted by Crippen LogP contribution is -2.01. The van der Waals surface area contributed by atoms with Crippen molar-refractivity contribution in [1.82, 2.24) is 15.0 Å². The fourth-order valence-electron chi connectivity index (χ4n) is 1.95. The Hall–Kier alpha value is -2.56. The number of rotatable bonds is 2. The fraction of sp³-hybridized carbons (Fsp3) is 0.0769. The summed E-state index contributed by atoms with van der Waals surface area (Å²) in [5, 5.41) is 4.12. The Balaban J connectivity index is 2.15. The van der Waals surface area contributed by atoms with Crippen LogP contribution in [0.15, 0.2) is 36.5 Å². The number of nitrogen functional groups attached to an aromatic ring is 1. The van der Waals surface area contributed by atoms with Crippen molar-refractivity contribution in [3.63, 3.8) is 0 Å². The molecule has 2 heterocycles. The molecule has 0 saturated carbocycles. The molecule has 0 aliphatic carbocycles. The van der Waals surface area contributed by atoms with Gasteiger partial charge < -0.3 is 16.0 Å². The molecule has 5 heteroatoms. The first-order chi connectivity index (χ1) is 8.76. The highest BCUT2D eigenvalue weighted by Gasteiger charge is 2.05. The highest BCUT2D eigenvalue weighted by Crippen LogP contribution is 2.24. The first-order valence-corrected chi connectivity index (χ1v) is 5.66. The van der Waals surface area contributed by atoms with Gasteiger partial charge in [-0.25, -0.2) is 4.98 Å². The van der Waals surface area contributed by atoms with E-state index in [2.05, 4.69) is 26.3 Å². The molecule has 0 atom stereocenters. The summed E-state index contributed by atoms with van der Waals surface area (Å²) in [4.78, 5) is 11.5. The van der Waals surface area contributed by atoms with Crippen molar-refractivity contribution in [3.8, 4) is 11.3 Å². The van der Waals surface area contributed by atoms with Crippen LogP contribution < -0.4 is 11.1 Å². The van der Waals surface area contributed by atoms with Crippen molar-refractivity contribution < 1.29 is 0 Å². The van der Waals surface area contributed by atoms with E-state index in [1.54, 1.807) is 7.05 Å². The number of H-pyrrole nitrogens is 1. The summed E-state index contributed by atoms with van der Waals surface area (Å²) in [7, 11) is 1.81. The molecular weight excluding hydrogens is 226 g/mol. The molecule has 0 unspecified atom stereocenters. The summed E-state index contributed by atoms with van der Waals surface area (Å²) < 4.78 is 0. The summed E-state index contributed by atoms with van der Waals surface area (Å²) in [5.41, 5.74) is 8.64. The average Bonchev–Trinajstić information content (AvgIpc) is 2.85. The van der Waals surface area contributed by atoms with Crippen LogP contribution in [0.5, 0.6) is 0 Å². The number of nitrogens with two attached hydrogens (primary N) is 1.